The molecule has 0 atom stereocenters. The van der Waals surface area contributed by atoms with Crippen LogP contribution in [-0.4, -0.2) is 31.0 Å². The number of rotatable bonds is 4. The number of hydrogen-bond donors (Lipinski definition) is 1. The molecule has 0 unspecified atom stereocenters. The van der Waals surface area contributed by atoms with Crippen LogP contribution in [-0.2, 0) is 14.3 Å². The van der Waals surface area contributed by atoms with Crippen LogP contribution in [0.1, 0.15) is 52.9 Å². The van der Waals surface area contributed by atoms with E-state index in [0.29, 0.717) is 13.2 Å². The topological polar surface area (TPSA) is 56.8 Å². The van der Waals surface area contributed by atoms with Crippen LogP contribution in [0.2, 0.25) is 0 Å². The summed E-state index contributed by atoms with van der Waals surface area (Å²) < 4.78 is 18.2. The maximum atomic E-state index is 13.2. The molecule has 4 rings (SSSR count). The summed E-state index contributed by atoms with van der Waals surface area (Å²) in [5.41, 5.74) is 0.0672. The Kier molecular flexibility index (Phi) is 5.54. The second kappa shape index (κ2) is 7.96. The molecule has 1 saturated heterocycles. The molecule has 5 nitrogen and oxygen atoms in total. The first-order valence-corrected chi connectivity index (χ1v) is 10.7. The molecule has 1 aliphatic heterocycles. The molecular formula is C24H31NO4. The lowest BCUT2D eigenvalue weighted by molar-refractivity contribution is -0.306. The van der Waals surface area contributed by atoms with E-state index in [1.807, 2.05) is 57.2 Å². The minimum absolute atomic E-state index is 0.0779. The fourth-order valence-electron chi connectivity index (χ4n) is 4.19. The zero-order valence-electron chi connectivity index (χ0n) is 17.6. The van der Waals surface area contributed by atoms with E-state index in [9.17, 15) is 4.79 Å². The van der Waals surface area contributed by atoms with E-state index in [-0.39, 0.29) is 12.0 Å². The van der Waals surface area contributed by atoms with Crippen molar-refractivity contribution >= 4 is 22.4 Å². The van der Waals surface area contributed by atoms with E-state index < -0.39 is 11.2 Å². The van der Waals surface area contributed by atoms with Crippen molar-refractivity contribution in [3.8, 4) is 5.75 Å². The number of benzene rings is 2. The monoisotopic (exact) mass is 397 g/mol. The van der Waals surface area contributed by atoms with Crippen LogP contribution >= 0.6 is 0 Å². The average molecular weight is 398 g/mol. The number of hydrogen-bond acceptors (Lipinski definition) is 4. The SMILES string of the molecule is CC(C)Oc1ccc(NC(=O)C2(C)COC3(CCCCC3)OC2)c2ccccc12. The number of nitrogens with one attached hydrogen (secondary N) is 1. The first-order chi connectivity index (χ1) is 13.9. The van der Waals surface area contributed by atoms with Crippen molar-refractivity contribution < 1.29 is 19.0 Å². The quantitative estimate of drug-likeness (QED) is 0.763. The molecule has 1 spiro atoms. The van der Waals surface area contributed by atoms with Crippen LogP contribution in [0.5, 0.6) is 5.75 Å². The highest BCUT2D eigenvalue weighted by atomic mass is 16.7. The lowest BCUT2D eigenvalue weighted by Crippen LogP contribution is -2.53. The standard InChI is InChI=1S/C24H31NO4/c1-17(2)29-21-12-11-20(18-9-5-6-10-19(18)21)25-22(26)23(3)15-27-24(28-16-23)13-7-4-8-14-24/h5-6,9-12,17H,4,7-8,13-16H2,1-3H3,(H,25,26). The first kappa shape index (κ1) is 20.2. The minimum atomic E-state index is -0.711. The van der Waals surface area contributed by atoms with Crippen molar-refractivity contribution in [1.82, 2.24) is 0 Å². The third-order valence-corrected chi connectivity index (χ3v) is 5.97. The highest BCUT2D eigenvalue weighted by Crippen LogP contribution is 2.40. The third-order valence-electron chi connectivity index (χ3n) is 5.97. The highest BCUT2D eigenvalue weighted by molar-refractivity contribution is 6.05. The first-order valence-electron chi connectivity index (χ1n) is 10.7. The van der Waals surface area contributed by atoms with E-state index in [1.165, 1.54) is 6.42 Å². The molecule has 1 amide bonds. The Bertz CT molecular complexity index is 876. The maximum absolute atomic E-state index is 13.2. The highest BCUT2D eigenvalue weighted by Gasteiger charge is 2.46. The number of anilines is 1. The molecule has 2 aromatic rings. The molecule has 1 heterocycles. The van der Waals surface area contributed by atoms with Gasteiger partial charge in [-0.15, -0.1) is 0 Å². The molecule has 2 aromatic carbocycles. The van der Waals surface area contributed by atoms with Crippen LogP contribution in [0.3, 0.4) is 0 Å². The normalized spacial score (nSPS) is 20.7. The molecule has 5 heteroatoms. The molecule has 156 valence electrons. The smallest absolute Gasteiger partial charge is 0.235 e. The van der Waals surface area contributed by atoms with E-state index in [2.05, 4.69) is 5.32 Å². The Morgan fingerprint density at radius 1 is 1.00 bits per heavy atom. The Labute approximate surface area is 172 Å². The fraction of sp³-hybridized carbons (Fsp3) is 0.542. The van der Waals surface area contributed by atoms with Gasteiger partial charge in [0.2, 0.25) is 5.91 Å². The van der Waals surface area contributed by atoms with Gasteiger partial charge in [0.15, 0.2) is 5.79 Å². The summed E-state index contributed by atoms with van der Waals surface area (Å²) in [6.45, 7) is 6.69. The molecule has 0 radical (unpaired) electrons. The van der Waals surface area contributed by atoms with Crippen molar-refractivity contribution in [3.05, 3.63) is 36.4 Å². The minimum Gasteiger partial charge on any atom is -0.490 e. The summed E-state index contributed by atoms with van der Waals surface area (Å²) in [6, 6.07) is 11.8. The Morgan fingerprint density at radius 2 is 1.66 bits per heavy atom. The zero-order chi connectivity index (χ0) is 20.5. The molecule has 2 fully saturated rings. The number of carbonyl (C=O) groups excluding carboxylic acids is 1. The van der Waals surface area contributed by atoms with Gasteiger partial charge in [-0.1, -0.05) is 30.7 Å². The van der Waals surface area contributed by atoms with Gasteiger partial charge in [-0.2, -0.15) is 0 Å². The van der Waals surface area contributed by atoms with Gasteiger partial charge < -0.3 is 19.5 Å². The van der Waals surface area contributed by atoms with Gasteiger partial charge in [-0.25, -0.2) is 0 Å². The maximum Gasteiger partial charge on any atom is 0.235 e. The van der Waals surface area contributed by atoms with Gasteiger partial charge in [0, 0.05) is 29.3 Å². The van der Waals surface area contributed by atoms with E-state index in [4.69, 9.17) is 14.2 Å². The van der Waals surface area contributed by atoms with Crippen molar-refractivity contribution in [3.63, 3.8) is 0 Å². The second-order valence-electron chi connectivity index (χ2n) is 8.89. The molecule has 0 aromatic heterocycles. The average Bonchev–Trinajstić information content (AvgIpc) is 2.73. The predicted molar refractivity (Wildman–Crippen MR) is 114 cm³/mol. The molecule has 1 saturated carbocycles. The van der Waals surface area contributed by atoms with Crippen molar-refractivity contribution in [2.45, 2.75) is 64.8 Å². The lowest BCUT2D eigenvalue weighted by Gasteiger charge is -2.45. The van der Waals surface area contributed by atoms with Gasteiger partial charge in [-0.05, 0) is 45.7 Å². The third kappa shape index (κ3) is 4.12. The van der Waals surface area contributed by atoms with E-state index in [0.717, 1.165) is 47.9 Å². The van der Waals surface area contributed by atoms with Gasteiger partial charge >= 0.3 is 0 Å². The fourth-order valence-corrected chi connectivity index (χ4v) is 4.19. The summed E-state index contributed by atoms with van der Waals surface area (Å²) >= 11 is 0. The number of carbonyl (C=O) groups is 1. The number of ether oxygens (including phenoxy) is 3. The van der Waals surface area contributed by atoms with Crippen LogP contribution in [0, 0.1) is 5.41 Å². The van der Waals surface area contributed by atoms with Gasteiger partial charge in [0.25, 0.3) is 0 Å². The molecule has 29 heavy (non-hydrogen) atoms. The number of amides is 1. The molecular weight excluding hydrogens is 366 g/mol. The summed E-state index contributed by atoms with van der Waals surface area (Å²) in [6.07, 6.45) is 5.41. The molecule has 0 bridgehead atoms. The van der Waals surface area contributed by atoms with Crippen LogP contribution in [0.25, 0.3) is 10.8 Å². The largest absolute Gasteiger partial charge is 0.490 e. The summed E-state index contributed by atoms with van der Waals surface area (Å²) in [7, 11) is 0. The molecule has 2 aliphatic rings. The van der Waals surface area contributed by atoms with Crippen LogP contribution in [0.4, 0.5) is 5.69 Å². The molecule has 1 N–H and O–H groups in total. The van der Waals surface area contributed by atoms with Crippen molar-refractivity contribution in [2.24, 2.45) is 5.41 Å². The predicted octanol–water partition coefficient (Wildman–Crippen LogP) is 5.28. The lowest BCUT2D eigenvalue weighted by atomic mass is 9.87. The van der Waals surface area contributed by atoms with E-state index in [1.54, 1.807) is 0 Å². The number of fused-ring (bicyclic) bond motifs is 1. The summed E-state index contributed by atoms with van der Waals surface area (Å²) in [4.78, 5) is 13.2. The second-order valence-corrected chi connectivity index (χ2v) is 8.89. The van der Waals surface area contributed by atoms with Gasteiger partial charge in [0.05, 0.1) is 24.7 Å². The van der Waals surface area contributed by atoms with Crippen LogP contribution in [0.15, 0.2) is 36.4 Å². The Morgan fingerprint density at radius 3 is 2.31 bits per heavy atom. The van der Waals surface area contributed by atoms with Crippen LogP contribution < -0.4 is 10.1 Å². The van der Waals surface area contributed by atoms with E-state index >= 15 is 0 Å². The Hall–Kier alpha value is -2.11. The molecule has 1 aliphatic carbocycles. The summed E-state index contributed by atoms with van der Waals surface area (Å²) in [5, 5.41) is 5.06. The zero-order valence-corrected chi connectivity index (χ0v) is 17.6. The summed E-state index contributed by atoms with van der Waals surface area (Å²) in [5.74, 6) is 0.273. The van der Waals surface area contributed by atoms with Gasteiger partial charge in [0.1, 0.15) is 5.75 Å². The van der Waals surface area contributed by atoms with Gasteiger partial charge in [-0.3, -0.25) is 4.79 Å². The van der Waals surface area contributed by atoms with Crippen molar-refractivity contribution in [1.29, 1.82) is 0 Å². The Balaban J connectivity index is 1.52. The van der Waals surface area contributed by atoms with Crippen molar-refractivity contribution in [2.75, 3.05) is 18.5 Å².